The van der Waals surface area contributed by atoms with Crippen molar-refractivity contribution in [3.8, 4) is 12.3 Å². The topological polar surface area (TPSA) is 12.0 Å². The van der Waals surface area contributed by atoms with Gasteiger partial charge in [-0.1, -0.05) is 12.1 Å². The van der Waals surface area contributed by atoms with Crippen LogP contribution in [-0.4, -0.2) is 11.8 Å². The number of nitrogens with one attached hydrogen (secondary N) is 1. The van der Waals surface area contributed by atoms with Crippen LogP contribution in [-0.2, 0) is 6.54 Å². The SMILES string of the molecule is C#CCCSc1ccc(CNC2CC2)cc1. The Morgan fingerprint density at radius 1 is 1.31 bits per heavy atom. The second-order valence-electron chi connectivity index (χ2n) is 4.10. The van der Waals surface area contributed by atoms with Crippen molar-refractivity contribution in [2.45, 2.75) is 36.7 Å². The van der Waals surface area contributed by atoms with Gasteiger partial charge in [0.25, 0.3) is 0 Å². The van der Waals surface area contributed by atoms with Gasteiger partial charge >= 0.3 is 0 Å². The number of hydrogen-bond acceptors (Lipinski definition) is 2. The summed E-state index contributed by atoms with van der Waals surface area (Å²) in [6.45, 7) is 1.000. The zero-order valence-electron chi connectivity index (χ0n) is 9.41. The lowest BCUT2D eigenvalue weighted by Gasteiger charge is -2.04. The first-order valence-electron chi connectivity index (χ1n) is 5.77. The second kappa shape index (κ2) is 5.98. The summed E-state index contributed by atoms with van der Waals surface area (Å²) in [6, 6.07) is 9.56. The van der Waals surface area contributed by atoms with Gasteiger partial charge in [0.05, 0.1) is 0 Å². The normalized spacial score (nSPS) is 14.7. The molecule has 84 valence electrons. The van der Waals surface area contributed by atoms with Crippen LogP contribution in [0.3, 0.4) is 0 Å². The average Bonchev–Trinajstić information content (AvgIpc) is 3.12. The van der Waals surface area contributed by atoms with Gasteiger partial charge in [-0.2, -0.15) is 0 Å². The second-order valence-corrected chi connectivity index (χ2v) is 5.27. The van der Waals surface area contributed by atoms with Crippen molar-refractivity contribution in [3.05, 3.63) is 29.8 Å². The molecule has 2 heteroatoms. The first-order chi connectivity index (χ1) is 7.88. The quantitative estimate of drug-likeness (QED) is 0.459. The molecule has 1 nitrogen and oxygen atoms in total. The maximum absolute atomic E-state index is 5.22. The number of hydrogen-bond donors (Lipinski definition) is 1. The fourth-order valence-electron chi connectivity index (χ4n) is 1.48. The molecule has 0 aromatic heterocycles. The van der Waals surface area contributed by atoms with Gasteiger partial charge in [-0.15, -0.1) is 24.1 Å². The summed E-state index contributed by atoms with van der Waals surface area (Å²) in [7, 11) is 0. The van der Waals surface area contributed by atoms with E-state index in [9.17, 15) is 0 Å². The molecule has 1 saturated carbocycles. The van der Waals surface area contributed by atoms with Crippen molar-refractivity contribution in [1.29, 1.82) is 0 Å². The lowest BCUT2D eigenvalue weighted by Crippen LogP contribution is -2.14. The third-order valence-corrected chi connectivity index (χ3v) is 3.62. The number of benzene rings is 1. The molecule has 0 spiro atoms. The molecule has 0 aliphatic heterocycles. The van der Waals surface area contributed by atoms with Crippen LogP contribution < -0.4 is 5.32 Å². The van der Waals surface area contributed by atoms with Gasteiger partial charge in [0.2, 0.25) is 0 Å². The molecule has 1 fully saturated rings. The fourth-order valence-corrected chi connectivity index (χ4v) is 2.27. The van der Waals surface area contributed by atoms with E-state index in [1.54, 1.807) is 0 Å². The zero-order valence-corrected chi connectivity index (χ0v) is 10.2. The number of rotatable bonds is 6. The monoisotopic (exact) mass is 231 g/mol. The summed E-state index contributed by atoms with van der Waals surface area (Å²) in [5, 5.41) is 3.51. The highest BCUT2D eigenvalue weighted by atomic mass is 32.2. The van der Waals surface area contributed by atoms with Gasteiger partial charge in [0, 0.05) is 29.7 Å². The molecule has 1 aliphatic rings. The zero-order chi connectivity index (χ0) is 11.2. The van der Waals surface area contributed by atoms with Crippen LogP contribution in [0.4, 0.5) is 0 Å². The van der Waals surface area contributed by atoms with E-state index in [2.05, 4.69) is 35.5 Å². The van der Waals surface area contributed by atoms with Gasteiger partial charge < -0.3 is 5.32 Å². The van der Waals surface area contributed by atoms with Crippen molar-refractivity contribution < 1.29 is 0 Å². The largest absolute Gasteiger partial charge is 0.310 e. The summed E-state index contributed by atoms with van der Waals surface area (Å²) >= 11 is 1.83. The highest BCUT2D eigenvalue weighted by Gasteiger charge is 2.19. The van der Waals surface area contributed by atoms with Crippen LogP contribution in [0.15, 0.2) is 29.2 Å². The van der Waals surface area contributed by atoms with Gasteiger partial charge in [0.1, 0.15) is 0 Å². The van der Waals surface area contributed by atoms with E-state index in [0.29, 0.717) is 0 Å². The molecule has 0 saturated heterocycles. The van der Waals surface area contributed by atoms with Crippen LogP contribution >= 0.6 is 11.8 Å². The van der Waals surface area contributed by atoms with Crippen LogP contribution in [0.25, 0.3) is 0 Å². The van der Waals surface area contributed by atoms with Crippen molar-refractivity contribution in [2.24, 2.45) is 0 Å². The van der Waals surface area contributed by atoms with Crippen molar-refractivity contribution in [2.75, 3.05) is 5.75 Å². The van der Waals surface area contributed by atoms with Crippen molar-refractivity contribution >= 4 is 11.8 Å². The van der Waals surface area contributed by atoms with E-state index in [4.69, 9.17) is 6.42 Å². The van der Waals surface area contributed by atoms with Gasteiger partial charge in [0.15, 0.2) is 0 Å². The van der Waals surface area contributed by atoms with Crippen LogP contribution in [0.2, 0.25) is 0 Å². The Balaban J connectivity index is 1.76. The first-order valence-corrected chi connectivity index (χ1v) is 6.75. The Morgan fingerprint density at radius 2 is 2.06 bits per heavy atom. The summed E-state index contributed by atoms with van der Waals surface area (Å²) < 4.78 is 0. The number of terminal acetylenes is 1. The van der Waals surface area contributed by atoms with Gasteiger partial charge in [-0.25, -0.2) is 0 Å². The highest BCUT2D eigenvalue weighted by Crippen LogP contribution is 2.21. The van der Waals surface area contributed by atoms with Crippen LogP contribution in [0.1, 0.15) is 24.8 Å². The Hall–Kier alpha value is -0.910. The minimum absolute atomic E-state index is 0.782. The molecule has 1 aromatic rings. The van der Waals surface area contributed by atoms with E-state index in [-0.39, 0.29) is 0 Å². The van der Waals surface area contributed by atoms with Gasteiger partial charge in [-0.3, -0.25) is 0 Å². The van der Waals surface area contributed by atoms with Crippen LogP contribution in [0.5, 0.6) is 0 Å². The molecule has 1 N–H and O–H groups in total. The first kappa shape index (κ1) is 11.6. The molecule has 0 heterocycles. The molecule has 1 aromatic carbocycles. The molecule has 0 radical (unpaired) electrons. The lowest BCUT2D eigenvalue weighted by molar-refractivity contribution is 0.687. The standard InChI is InChI=1S/C14H17NS/c1-2-3-10-16-14-8-4-12(5-9-14)11-15-13-6-7-13/h1,4-5,8-9,13,15H,3,6-7,10-11H2. The van der Waals surface area contributed by atoms with Gasteiger partial charge in [-0.05, 0) is 30.5 Å². The molecule has 2 rings (SSSR count). The van der Waals surface area contributed by atoms with E-state index < -0.39 is 0 Å². The minimum Gasteiger partial charge on any atom is -0.310 e. The van der Waals surface area contributed by atoms with E-state index in [1.807, 2.05) is 11.8 Å². The third-order valence-electron chi connectivity index (χ3n) is 2.61. The van der Waals surface area contributed by atoms with Crippen molar-refractivity contribution in [1.82, 2.24) is 5.32 Å². The Kier molecular flexibility index (Phi) is 4.33. The predicted octanol–water partition coefficient (Wildman–Crippen LogP) is 3.05. The smallest absolute Gasteiger partial charge is 0.0208 e. The van der Waals surface area contributed by atoms with E-state index in [0.717, 1.165) is 24.8 Å². The average molecular weight is 231 g/mol. The molecule has 0 atom stereocenters. The fraction of sp³-hybridized carbons (Fsp3) is 0.429. The minimum atomic E-state index is 0.782. The summed E-state index contributed by atoms with van der Waals surface area (Å²) in [6.07, 6.45) is 8.76. The third kappa shape index (κ3) is 3.92. The molecular formula is C14H17NS. The van der Waals surface area contributed by atoms with E-state index in [1.165, 1.54) is 23.3 Å². The molecule has 16 heavy (non-hydrogen) atoms. The Labute approximate surface area is 102 Å². The van der Waals surface area contributed by atoms with Crippen molar-refractivity contribution in [3.63, 3.8) is 0 Å². The predicted molar refractivity (Wildman–Crippen MR) is 70.5 cm³/mol. The van der Waals surface area contributed by atoms with E-state index >= 15 is 0 Å². The van der Waals surface area contributed by atoms with Crippen LogP contribution in [0, 0.1) is 12.3 Å². The summed E-state index contributed by atoms with van der Waals surface area (Å²) in [5.74, 6) is 3.67. The molecule has 0 unspecified atom stereocenters. The molecule has 1 aliphatic carbocycles. The maximum atomic E-state index is 5.22. The maximum Gasteiger partial charge on any atom is 0.0208 e. The molecule has 0 bridgehead atoms. The Bertz CT molecular complexity index is 359. The summed E-state index contributed by atoms with van der Waals surface area (Å²) in [4.78, 5) is 1.31. The lowest BCUT2D eigenvalue weighted by atomic mass is 10.2. The summed E-state index contributed by atoms with van der Waals surface area (Å²) in [5.41, 5.74) is 1.37. The molecule has 0 amide bonds. The number of thioether (sulfide) groups is 1. The Morgan fingerprint density at radius 3 is 2.69 bits per heavy atom. The highest BCUT2D eigenvalue weighted by molar-refractivity contribution is 7.99. The molecular weight excluding hydrogens is 214 g/mol.